The highest BCUT2D eigenvalue weighted by Gasteiger charge is 2.31. The molecule has 0 unspecified atom stereocenters. The zero-order valence-electron chi connectivity index (χ0n) is 16.2. The minimum Gasteiger partial charge on any atom is -0.493 e. The third-order valence-electron chi connectivity index (χ3n) is 4.30. The number of methoxy groups -OCH3 is 1. The van der Waals surface area contributed by atoms with Crippen molar-refractivity contribution < 1.29 is 28.6 Å². The maximum absolute atomic E-state index is 12.4. The molecule has 154 valence electrons. The number of ether oxygens (including phenoxy) is 3. The van der Waals surface area contributed by atoms with Crippen molar-refractivity contribution in [2.75, 3.05) is 20.3 Å². The van der Waals surface area contributed by atoms with Gasteiger partial charge in [-0.2, -0.15) is 0 Å². The molecule has 0 radical (unpaired) electrons. The minimum atomic E-state index is -0.739. The molecule has 1 aliphatic heterocycles. The first-order valence-electron chi connectivity index (χ1n) is 9.04. The van der Waals surface area contributed by atoms with Crippen LogP contribution in [-0.4, -0.2) is 55.1 Å². The molecule has 1 aliphatic rings. The monoisotopic (exact) mass is 412 g/mol. The van der Waals surface area contributed by atoms with Crippen molar-refractivity contribution in [2.45, 2.75) is 45.3 Å². The molecule has 1 aromatic carbocycles. The van der Waals surface area contributed by atoms with Gasteiger partial charge in [0.15, 0.2) is 18.1 Å². The van der Waals surface area contributed by atoms with Crippen LogP contribution in [0.2, 0.25) is 5.02 Å². The van der Waals surface area contributed by atoms with E-state index in [0.717, 1.165) is 12.8 Å². The Bertz CT molecular complexity index is 752. The predicted molar refractivity (Wildman–Crippen MR) is 103 cm³/mol. The normalized spacial score (nSPS) is 16.6. The number of hydrogen-bond acceptors (Lipinski definition) is 6. The largest absolute Gasteiger partial charge is 0.493 e. The summed E-state index contributed by atoms with van der Waals surface area (Å²) in [6, 6.07) is 2.16. The number of primary amides is 1. The first-order valence-corrected chi connectivity index (χ1v) is 9.42. The third-order valence-corrected chi connectivity index (χ3v) is 4.58. The predicted octanol–water partition coefficient (Wildman–Crippen LogP) is 2.16. The second-order valence-corrected chi connectivity index (χ2v) is 7.14. The zero-order valence-corrected chi connectivity index (χ0v) is 17.0. The summed E-state index contributed by atoms with van der Waals surface area (Å²) in [7, 11) is 1.43. The van der Waals surface area contributed by atoms with Crippen LogP contribution in [0.25, 0.3) is 0 Å². The molecule has 1 saturated heterocycles. The van der Waals surface area contributed by atoms with Gasteiger partial charge >= 0.3 is 5.97 Å². The standard InChI is InChI=1S/C19H25ClN2O6/c1-11(2)28-17-13(20)8-12(9-15(17)26-3)19(25)27-10-16(23)22-7-5-4-6-14(22)18(21)24/h8-9,11,14H,4-7,10H2,1-3H3,(H2,21,24)/t14-/m1/s1. The van der Waals surface area contributed by atoms with Crippen molar-refractivity contribution in [3.63, 3.8) is 0 Å². The number of nitrogens with zero attached hydrogens (tertiary/aromatic N) is 1. The lowest BCUT2D eigenvalue weighted by Crippen LogP contribution is -2.51. The van der Waals surface area contributed by atoms with Gasteiger partial charge in [-0.25, -0.2) is 4.79 Å². The highest BCUT2D eigenvalue weighted by molar-refractivity contribution is 6.32. The zero-order chi connectivity index (χ0) is 20.8. The van der Waals surface area contributed by atoms with Crippen LogP contribution in [0.3, 0.4) is 0 Å². The van der Waals surface area contributed by atoms with Crippen LogP contribution < -0.4 is 15.2 Å². The van der Waals surface area contributed by atoms with E-state index < -0.39 is 30.4 Å². The number of amides is 2. The lowest BCUT2D eigenvalue weighted by Gasteiger charge is -2.33. The van der Waals surface area contributed by atoms with E-state index in [1.165, 1.54) is 24.1 Å². The molecule has 2 amide bonds. The molecule has 28 heavy (non-hydrogen) atoms. The van der Waals surface area contributed by atoms with Crippen molar-refractivity contribution in [2.24, 2.45) is 5.73 Å². The first-order chi connectivity index (χ1) is 13.2. The average molecular weight is 413 g/mol. The van der Waals surface area contributed by atoms with Crippen molar-refractivity contribution in [1.82, 2.24) is 4.90 Å². The fourth-order valence-electron chi connectivity index (χ4n) is 3.01. The third kappa shape index (κ3) is 5.28. The molecule has 1 fully saturated rings. The molecule has 1 atom stereocenters. The van der Waals surface area contributed by atoms with Crippen LogP contribution >= 0.6 is 11.6 Å². The van der Waals surface area contributed by atoms with Crippen LogP contribution in [0.15, 0.2) is 12.1 Å². The van der Waals surface area contributed by atoms with E-state index in [1.54, 1.807) is 0 Å². The Labute approximate surface area is 168 Å². The number of rotatable bonds is 7. The summed E-state index contributed by atoms with van der Waals surface area (Å²) in [5.74, 6) is -1.16. The Balaban J connectivity index is 2.07. The summed E-state index contributed by atoms with van der Waals surface area (Å²) in [6.07, 6.45) is 1.97. The molecule has 2 N–H and O–H groups in total. The summed E-state index contributed by atoms with van der Waals surface area (Å²) in [5.41, 5.74) is 5.48. The number of hydrogen-bond donors (Lipinski definition) is 1. The summed E-state index contributed by atoms with van der Waals surface area (Å²) < 4.78 is 15.9. The Morgan fingerprint density at radius 3 is 2.61 bits per heavy atom. The Kier molecular flexibility index (Phi) is 7.51. The number of nitrogens with two attached hydrogens (primary N) is 1. The number of carbonyl (C=O) groups excluding carboxylic acids is 3. The van der Waals surface area contributed by atoms with Gasteiger partial charge < -0.3 is 24.8 Å². The summed E-state index contributed by atoms with van der Waals surface area (Å²) in [4.78, 5) is 37.6. The van der Waals surface area contributed by atoms with E-state index in [0.29, 0.717) is 18.7 Å². The second kappa shape index (κ2) is 9.64. The highest BCUT2D eigenvalue weighted by Crippen LogP contribution is 2.37. The van der Waals surface area contributed by atoms with Gasteiger partial charge in [-0.05, 0) is 45.2 Å². The number of piperidine rings is 1. The average Bonchev–Trinajstić information content (AvgIpc) is 2.66. The van der Waals surface area contributed by atoms with Crippen LogP contribution in [0.5, 0.6) is 11.5 Å². The fourth-order valence-corrected chi connectivity index (χ4v) is 3.26. The number of likely N-dealkylation sites (tertiary alicyclic amines) is 1. The molecule has 9 heteroatoms. The van der Waals surface area contributed by atoms with Gasteiger partial charge in [-0.3, -0.25) is 9.59 Å². The lowest BCUT2D eigenvalue weighted by atomic mass is 10.0. The molecule has 0 aliphatic carbocycles. The van der Waals surface area contributed by atoms with Crippen LogP contribution in [0.4, 0.5) is 0 Å². The van der Waals surface area contributed by atoms with Gasteiger partial charge in [0.05, 0.1) is 23.8 Å². The molecule has 0 aromatic heterocycles. The van der Waals surface area contributed by atoms with Crippen LogP contribution in [-0.2, 0) is 14.3 Å². The summed E-state index contributed by atoms with van der Waals surface area (Å²) in [6.45, 7) is 3.59. The van der Waals surface area contributed by atoms with E-state index in [1.807, 2.05) is 13.8 Å². The number of esters is 1. The van der Waals surface area contributed by atoms with Gasteiger partial charge in [0.2, 0.25) is 5.91 Å². The quantitative estimate of drug-likeness (QED) is 0.687. The van der Waals surface area contributed by atoms with E-state index in [-0.39, 0.29) is 22.4 Å². The molecule has 1 heterocycles. The van der Waals surface area contributed by atoms with Crippen molar-refractivity contribution >= 4 is 29.4 Å². The van der Waals surface area contributed by atoms with Crippen LogP contribution in [0, 0.1) is 0 Å². The van der Waals surface area contributed by atoms with Crippen molar-refractivity contribution in [1.29, 1.82) is 0 Å². The maximum Gasteiger partial charge on any atom is 0.338 e. The maximum atomic E-state index is 12.4. The van der Waals surface area contributed by atoms with Gasteiger partial charge in [0.1, 0.15) is 6.04 Å². The Morgan fingerprint density at radius 1 is 1.29 bits per heavy atom. The van der Waals surface area contributed by atoms with E-state index in [4.69, 9.17) is 31.5 Å². The summed E-state index contributed by atoms with van der Waals surface area (Å²) >= 11 is 6.20. The molecule has 2 rings (SSSR count). The van der Waals surface area contributed by atoms with Gasteiger partial charge in [-0.1, -0.05) is 11.6 Å². The summed E-state index contributed by atoms with van der Waals surface area (Å²) in [5, 5.41) is 0.191. The molecule has 0 saturated carbocycles. The van der Waals surface area contributed by atoms with Crippen LogP contribution in [0.1, 0.15) is 43.5 Å². The molecule has 1 aromatic rings. The molecular weight excluding hydrogens is 388 g/mol. The lowest BCUT2D eigenvalue weighted by molar-refractivity contribution is -0.143. The SMILES string of the molecule is COc1cc(C(=O)OCC(=O)N2CCCC[C@@H]2C(N)=O)cc(Cl)c1OC(C)C. The molecular formula is C19H25ClN2O6. The van der Waals surface area contributed by atoms with E-state index >= 15 is 0 Å². The molecule has 0 bridgehead atoms. The smallest absolute Gasteiger partial charge is 0.338 e. The van der Waals surface area contributed by atoms with Crippen molar-refractivity contribution in [3.8, 4) is 11.5 Å². The molecule has 8 nitrogen and oxygen atoms in total. The van der Waals surface area contributed by atoms with Gasteiger partial charge in [-0.15, -0.1) is 0 Å². The number of carbonyl (C=O) groups is 3. The molecule has 0 spiro atoms. The topological polar surface area (TPSA) is 108 Å². The van der Waals surface area contributed by atoms with Gasteiger partial charge in [0.25, 0.3) is 5.91 Å². The minimum absolute atomic E-state index is 0.121. The number of benzene rings is 1. The highest BCUT2D eigenvalue weighted by atomic mass is 35.5. The fraction of sp³-hybridized carbons (Fsp3) is 0.526. The van der Waals surface area contributed by atoms with E-state index in [2.05, 4.69) is 0 Å². The van der Waals surface area contributed by atoms with Gasteiger partial charge in [0, 0.05) is 6.54 Å². The Morgan fingerprint density at radius 2 is 2.00 bits per heavy atom. The number of halogens is 1. The van der Waals surface area contributed by atoms with E-state index in [9.17, 15) is 14.4 Å². The van der Waals surface area contributed by atoms with Crippen molar-refractivity contribution in [3.05, 3.63) is 22.7 Å². The second-order valence-electron chi connectivity index (χ2n) is 6.73. The Hall–Kier alpha value is -2.48. The first kappa shape index (κ1) is 21.8.